The Labute approximate surface area is 163 Å². The van der Waals surface area contributed by atoms with Crippen molar-refractivity contribution in [1.82, 2.24) is 0 Å². The number of alkyl halides is 3. The van der Waals surface area contributed by atoms with E-state index in [1.165, 1.54) is 5.57 Å². The topological polar surface area (TPSA) is 64.2 Å². The van der Waals surface area contributed by atoms with Crippen LogP contribution in [0.3, 0.4) is 0 Å². The summed E-state index contributed by atoms with van der Waals surface area (Å²) in [4.78, 5) is 0. The third kappa shape index (κ3) is 2.55. The van der Waals surface area contributed by atoms with Gasteiger partial charge in [-0.15, -0.1) is 0 Å². The first-order valence-electron chi connectivity index (χ1n) is 10.3. The van der Waals surface area contributed by atoms with Gasteiger partial charge in [0.25, 0.3) is 0 Å². The molecule has 6 heteroatoms. The van der Waals surface area contributed by atoms with Crippen LogP contribution in [-0.2, 0) is 0 Å². The zero-order valence-corrected chi connectivity index (χ0v) is 16.2. The molecule has 0 amide bonds. The highest BCUT2D eigenvalue weighted by atomic mass is 19.4. The highest BCUT2D eigenvalue weighted by molar-refractivity contribution is 5.33. The van der Waals surface area contributed by atoms with Crippen LogP contribution >= 0.6 is 0 Å². The fourth-order valence-corrected chi connectivity index (χ4v) is 7.15. The van der Waals surface area contributed by atoms with Crippen molar-refractivity contribution in [3.8, 4) is 6.07 Å². The van der Waals surface area contributed by atoms with Crippen LogP contribution in [0.2, 0.25) is 0 Å². The molecule has 0 bridgehead atoms. The van der Waals surface area contributed by atoms with Crippen LogP contribution in [0.15, 0.2) is 23.3 Å². The summed E-state index contributed by atoms with van der Waals surface area (Å²) in [6.07, 6.45) is 2.72. The van der Waals surface area contributed by atoms with Crippen molar-refractivity contribution in [1.29, 1.82) is 5.26 Å². The third-order valence-corrected chi connectivity index (χ3v) is 8.79. The Morgan fingerprint density at radius 2 is 2.00 bits per heavy atom. The quantitative estimate of drug-likeness (QED) is 0.501. The Kier molecular flexibility index (Phi) is 4.52. The lowest BCUT2D eigenvalue weighted by atomic mass is 9.46. The monoisotopic (exact) mass is 395 g/mol. The summed E-state index contributed by atoms with van der Waals surface area (Å²) in [5.74, 6) is 0.863. The van der Waals surface area contributed by atoms with Gasteiger partial charge in [0.1, 0.15) is 0 Å². The van der Waals surface area contributed by atoms with E-state index in [0.717, 1.165) is 25.7 Å². The predicted octanol–water partition coefficient (Wildman–Crippen LogP) is 4.66. The van der Waals surface area contributed by atoms with E-state index in [2.05, 4.69) is 13.0 Å². The summed E-state index contributed by atoms with van der Waals surface area (Å²) in [6.45, 7) is 2.08. The Bertz CT molecular complexity index is 767. The van der Waals surface area contributed by atoms with Crippen molar-refractivity contribution < 1.29 is 23.4 Å². The number of aliphatic hydroxyl groups is 2. The van der Waals surface area contributed by atoms with E-state index < -0.39 is 23.6 Å². The van der Waals surface area contributed by atoms with Crippen LogP contribution in [0.4, 0.5) is 13.2 Å². The van der Waals surface area contributed by atoms with Crippen molar-refractivity contribution >= 4 is 0 Å². The van der Waals surface area contributed by atoms with Crippen LogP contribution in [0.5, 0.6) is 0 Å². The van der Waals surface area contributed by atoms with Gasteiger partial charge in [-0.1, -0.05) is 24.1 Å². The molecular weight excluding hydrogens is 367 g/mol. The predicted molar refractivity (Wildman–Crippen MR) is 97.8 cm³/mol. The molecule has 3 nitrogen and oxygen atoms in total. The van der Waals surface area contributed by atoms with Crippen molar-refractivity contribution in [2.75, 3.05) is 6.61 Å². The van der Waals surface area contributed by atoms with Crippen LogP contribution in [-0.4, -0.2) is 28.6 Å². The minimum Gasteiger partial charge on any atom is -0.395 e. The number of aliphatic hydroxyl groups excluding tert-OH is 1. The molecule has 28 heavy (non-hydrogen) atoms. The normalized spacial score (nSPS) is 47.0. The molecule has 0 aromatic carbocycles. The van der Waals surface area contributed by atoms with E-state index in [1.54, 1.807) is 6.08 Å². The van der Waals surface area contributed by atoms with E-state index in [4.69, 9.17) is 5.26 Å². The second kappa shape index (κ2) is 6.34. The van der Waals surface area contributed by atoms with Crippen molar-refractivity contribution in [2.45, 2.75) is 70.1 Å². The molecule has 0 aliphatic heterocycles. The number of nitrogens with zero attached hydrogens (tertiary/aromatic N) is 1. The van der Waals surface area contributed by atoms with E-state index >= 15 is 0 Å². The zero-order valence-electron chi connectivity index (χ0n) is 16.2. The fourth-order valence-electron chi connectivity index (χ4n) is 7.15. The minimum atomic E-state index is -4.65. The highest BCUT2D eigenvalue weighted by Crippen LogP contribution is 2.67. The molecule has 0 radical (unpaired) electrons. The molecule has 0 spiro atoms. The van der Waals surface area contributed by atoms with E-state index in [0.29, 0.717) is 23.8 Å². The number of allylic oxidation sites excluding steroid dienone is 3. The summed E-state index contributed by atoms with van der Waals surface area (Å²) in [6, 6.07) is 2.18. The van der Waals surface area contributed by atoms with Gasteiger partial charge in [0.15, 0.2) is 5.60 Å². The molecule has 0 heterocycles. The molecule has 2 N–H and O–H groups in total. The summed E-state index contributed by atoms with van der Waals surface area (Å²) in [5.41, 5.74) is -1.51. The molecule has 3 fully saturated rings. The van der Waals surface area contributed by atoms with Gasteiger partial charge in [0, 0.05) is 17.9 Å². The molecule has 4 aliphatic rings. The zero-order chi connectivity index (χ0) is 20.4. The lowest BCUT2D eigenvalue weighted by molar-refractivity contribution is -0.272. The standard InChI is InChI=1S/C22H28F3NO2/c1-19-8-6-18-16(17(19)5-3-14(19)7-11-26)4-2-15-12-21(28,22(23,24)25)10-9-20(15,18)13-27/h2,7,16-18,27-28H,3-6,8-10,12-13H2,1H3/b14-7-/t16-,17-,18-,19+,20+,21+/m0/s1. The molecule has 0 saturated heterocycles. The van der Waals surface area contributed by atoms with E-state index in [9.17, 15) is 23.4 Å². The smallest absolute Gasteiger partial charge is 0.395 e. The van der Waals surface area contributed by atoms with Gasteiger partial charge in [-0.2, -0.15) is 18.4 Å². The van der Waals surface area contributed by atoms with E-state index in [1.807, 2.05) is 6.08 Å². The average molecular weight is 395 g/mol. The van der Waals surface area contributed by atoms with Crippen molar-refractivity contribution in [3.63, 3.8) is 0 Å². The SMILES string of the molecule is C[C@]12CC[C@H]3[C@@H](CC=C4C[C@@](O)(C(F)(F)F)CC[C@@]43CO)[C@@H]1CC/C2=C/C#N. The van der Waals surface area contributed by atoms with Crippen molar-refractivity contribution in [3.05, 3.63) is 23.3 Å². The van der Waals surface area contributed by atoms with Crippen LogP contribution < -0.4 is 0 Å². The van der Waals surface area contributed by atoms with Gasteiger partial charge >= 0.3 is 6.18 Å². The molecule has 0 aromatic heterocycles. The average Bonchev–Trinajstić information content (AvgIpc) is 2.97. The maximum Gasteiger partial charge on any atom is 0.417 e. The summed E-state index contributed by atoms with van der Waals surface area (Å²) in [7, 11) is 0. The molecule has 0 unspecified atom stereocenters. The Morgan fingerprint density at radius 3 is 2.64 bits per heavy atom. The second-order valence-corrected chi connectivity index (χ2v) is 9.66. The van der Waals surface area contributed by atoms with Gasteiger partial charge in [-0.05, 0) is 68.1 Å². The van der Waals surface area contributed by atoms with Gasteiger partial charge in [0.2, 0.25) is 0 Å². The minimum absolute atomic E-state index is 0.0136. The van der Waals surface area contributed by atoms with Crippen LogP contribution in [0.25, 0.3) is 0 Å². The summed E-state index contributed by atoms with van der Waals surface area (Å²) in [5, 5.41) is 29.8. The lowest BCUT2D eigenvalue weighted by Gasteiger charge is -2.59. The lowest BCUT2D eigenvalue weighted by Crippen LogP contribution is -2.57. The third-order valence-electron chi connectivity index (χ3n) is 8.79. The Morgan fingerprint density at radius 1 is 1.25 bits per heavy atom. The molecule has 154 valence electrons. The molecule has 3 saturated carbocycles. The first kappa shape index (κ1) is 20.0. The number of rotatable bonds is 1. The molecule has 6 atom stereocenters. The second-order valence-electron chi connectivity index (χ2n) is 9.66. The first-order chi connectivity index (χ1) is 13.1. The summed E-state index contributed by atoms with van der Waals surface area (Å²) >= 11 is 0. The maximum absolute atomic E-state index is 13.4. The first-order valence-corrected chi connectivity index (χ1v) is 10.3. The van der Waals surface area contributed by atoms with Crippen LogP contribution in [0, 0.1) is 39.9 Å². The fraction of sp³-hybridized carbons (Fsp3) is 0.773. The molecular formula is C22H28F3NO2. The molecule has 4 rings (SSSR count). The van der Waals surface area contributed by atoms with Crippen LogP contribution in [0.1, 0.15) is 58.3 Å². The van der Waals surface area contributed by atoms with Gasteiger partial charge in [0.05, 0.1) is 12.7 Å². The molecule has 0 aromatic rings. The number of hydrogen-bond donors (Lipinski definition) is 2. The number of hydrogen-bond acceptors (Lipinski definition) is 3. The number of halogens is 3. The van der Waals surface area contributed by atoms with Gasteiger partial charge < -0.3 is 10.2 Å². The Balaban J connectivity index is 1.69. The highest BCUT2D eigenvalue weighted by Gasteiger charge is 2.63. The summed E-state index contributed by atoms with van der Waals surface area (Å²) < 4.78 is 40.2. The Hall–Kier alpha value is -1.32. The van der Waals surface area contributed by atoms with Gasteiger partial charge in [-0.3, -0.25) is 0 Å². The number of fused-ring (bicyclic) bond motifs is 5. The molecule has 4 aliphatic carbocycles. The largest absolute Gasteiger partial charge is 0.417 e. The van der Waals surface area contributed by atoms with E-state index in [-0.39, 0.29) is 30.8 Å². The maximum atomic E-state index is 13.4. The van der Waals surface area contributed by atoms with Crippen molar-refractivity contribution in [2.24, 2.45) is 28.6 Å². The van der Waals surface area contributed by atoms with Gasteiger partial charge in [-0.25, -0.2) is 0 Å². The number of nitriles is 1.